The van der Waals surface area contributed by atoms with Gasteiger partial charge < -0.3 is 10.0 Å². The lowest BCUT2D eigenvalue weighted by atomic mass is 10.1. The summed E-state index contributed by atoms with van der Waals surface area (Å²) >= 11 is 4.06. The van der Waals surface area contributed by atoms with Gasteiger partial charge in [-0.25, -0.2) is 0 Å². The number of ketones is 1. The minimum Gasteiger partial charge on any atom is -0.373 e. The molecule has 1 rings (SSSR count). The second kappa shape index (κ2) is 4.99. The van der Waals surface area contributed by atoms with E-state index in [0.717, 1.165) is 0 Å². The van der Waals surface area contributed by atoms with Gasteiger partial charge in [-0.15, -0.1) is 0 Å². The predicted octanol–water partition coefficient (Wildman–Crippen LogP) is 0.451. The number of amides is 1. The number of Topliss-reactive ketones (excluding diaryl/α,β-unsaturated/α-hetero) is 1. The molecule has 2 unspecified atom stereocenters. The van der Waals surface area contributed by atoms with Gasteiger partial charge in [-0.1, -0.05) is 13.8 Å². The summed E-state index contributed by atoms with van der Waals surface area (Å²) in [5, 5.41) is 9.10. The molecule has 1 saturated heterocycles. The molecule has 0 aromatic rings. The van der Waals surface area contributed by atoms with Crippen LogP contribution >= 0.6 is 12.6 Å². The van der Waals surface area contributed by atoms with Crippen molar-refractivity contribution in [2.24, 2.45) is 5.92 Å². The van der Waals surface area contributed by atoms with E-state index in [1.54, 1.807) is 0 Å². The Bertz CT molecular complexity index is 267. The van der Waals surface area contributed by atoms with E-state index < -0.39 is 11.5 Å². The second-order valence-electron chi connectivity index (χ2n) is 4.13. The van der Waals surface area contributed by atoms with Crippen LogP contribution in [0, 0.1) is 5.92 Å². The van der Waals surface area contributed by atoms with E-state index >= 15 is 0 Å². The summed E-state index contributed by atoms with van der Waals surface area (Å²) in [7, 11) is 0. The maximum Gasteiger partial charge on any atom is 0.237 e. The van der Waals surface area contributed by atoms with Crippen molar-refractivity contribution in [2.45, 2.75) is 38.2 Å². The fourth-order valence-corrected chi connectivity index (χ4v) is 1.88. The molecule has 2 atom stereocenters. The molecular formula is C10H17NO3S. The molecule has 0 radical (unpaired) electrons. The molecule has 4 nitrogen and oxygen atoms in total. The Kier molecular flexibility index (Phi) is 4.16. The van der Waals surface area contributed by atoms with Crippen LogP contribution in [0.25, 0.3) is 0 Å². The van der Waals surface area contributed by atoms with Crippen LogP contribution in [0.3, 0.4) is 0 Å². The largest absolute Gasteiger partial charge is 0.373 e. The van der Waals surface area contributed by atoms with Crippen molar-refractivity contribution >= 4 is 24.3 Å². The maximum absolute atomic E-state index is 11.5. The summed E-state index contributed by atoms with van der Waals surface area (Å²) in [5.41, 5.74) is 0. The molecule has 0 saturated carbocycles. The Hall–Kier alpha value is -0.550. The zero-order valence-corrected chi connectivity index (χ0v) is 9.91. The highest BCUT2D eigenvalue weighted by Gasteiger charge is 2.36. The monoisotopic (exact) mass is 231 g/mol. The van der Waals surface area contributed by atoms with Gasteiger partial charge in [0.15, 0.2) is 0 Å². The number of aliphatic hydroxyl groups is 1. The molecule has 1 amide bonds. The first kappa shape index (κ1) is 12.5. The molecule has 0 bridgehead atoms. The van der Waals surface area contributed by atoms with E-state index in [-0.39, 0.29) is 17.6 Å². The van der Waals surface area contributed by atoms with Gasteiger partial charge >= 0.3 is 0 Å². The van der Waals surface area contributed by atoms with Crippen LogP contribution in [0.4, 0.5) is 0 Å². The number of rotatable bonds is 4. The fraction of sp³-hybridized carbons (Fsp3) is 0.800. The van der Waals surface area contributed by atoms with E-state index in [1.807, 2.05) is 13.8 Å². The Labute approximate surface area is 95.1 Å². The molecule has 15 heavy (non-hydrogen) atoms. The number of hydrogen-bond donors (Lipinski definition) is 2. The average Bonchev–Trinajstić information content (AvgIpc) is 2.38. The molecule has 0 spiro atoms. The minimum absolute atomic E-state index is 0.0216. The summed E-state index contributed by atoms with van der Waals surface area (Å²) in [5.74, 6) is -0.0911. The zero-order valence-electron chi connectivity index (χ0n) is 9.01. The number of aliphatic hydroxyl groups excluding tert-OH is 1. The molecule has 1 aliphatic rings. The van der Waals surface area contributed by atoms with Crippen LogP contribution in [0.2, 0.25) is 0 Å². The maximum atomic E-state index is 11.5. The average molecular weight is 231 g/mol. The number of carbonyl (C=O) groups excluding carboxylic acids is 2. The first-order valence-corrected chi connectivity index (χ1v) is 5.64. The highest BCUT2D eigenvalue weighted by Crippen LogP contribution is 2.21. The van der Waals surface area contributed by atoms with Crippen molar-refractivity contribution in [3.05, 3.63) is 0 Å². The highest BCUT2D eigenvalue weighted by atomic mass is 32.1. The van der Waals surface area contributed by atoms with E-state index in [9.17, 15) is 14.7 Å². The number of likely N-dealkylation sites (tertiary alicyclic amines) is 1. The molecule has 0 aromatic heterocycles. The van der Waals surface area contributed by atoms with Crippen LogP contribution in [0.1, 0.15) is 26.7 Å². The molecule has 86 valence electrons. The van der Waals surface area contributed by atoms with Crippen LogP contribution in [0.15, 0.2) is 0 Å². The third kappa shape index (κ3) is 2.95. The van der Waals surface area contributed by atoms with Gasteiger partial charge in [-0.2, -0.15) is 12.6 Å². The quantitative estimate of drug-likeness (QED) is 0.691. The van der Waals surface area contributed by atoms with Gasteiger partial charge in [0, 0.05) is 25.3 Å². The molecule has 0 aromatic carbocycles. The van der Waals surface area contributed by atoms with Crippen molar-refractivity contribution in [3.63, 3.8) is 0 Å². The predicted molar refractivity (Wildman–Crippen MR) is 59.6 cm³/mol. The molecule has 1 heterocycles. The summed E-state index contributed by atoms with van der Waals surface area (Å²) in [6.45, 7) is 3.95. The second-order valence-corrected chi connectivity index (χ2v) is 4.76. The van der Waals surface area contributed by atoms with Crippen molar-refractivity contribution in [1.82, 2.24) is 4.90 Å². The Balaban J connectivity index is 2.45. The molecule has 1 fully saturated rings. The van der Waals surface area contributed by atoms with Crippen molar-refractivity contribution in [3.8, 4) is 0 Å². The Morgan fingerprint density at radius 1 is 1.67 bits per heavy atom. The molecular weight excluding hydrogens is 214 g/mol. The first-order valence-electron chi connectivity index (χ1n) is 5.12. The van der Waals surface area contributed by atoms with Gasteiger partial charge in [-0.3, -0.25) is 9.59 Å². The number of hydrogen-bond acceptors (Lipinski definition) is 4. The Morgan fingerprint density at radius 2 is 2.27 bits per heavy atom. The van der Waals surface area contributed by atoms with Crippen molar-refractivity contribution in [1.29, 1.82) is 0 Å². The van der Waals surface area contributed by atoms with Gasteiger partial charge in [0.25, 0.3) is 0 Å². The Morgan fingerprint density at radius 3 is 2.67 bits per heavy atom. The topological polar surface area (TPSA) is 57.6 Å². The summed E-state index contributed by atoms with van der Waals surface area (Å²) < 4.78 is 0. The smallest absolute Gasteiger partial charge is 0.237 e. The van der Waals surface area contributed by atoms with Gasteiger partial charge in [0.05, 0.1) is 5.25 Å². The normalized spacial score (nSPS) is 26.5. The lowest BCUT2D eigenvalue weighted by molar-refractivity contribution is -0.133. The van der Waals surface area contributed by atoms with Crippen molar-refractivity contribution in [2.75, 3.05) is 6.54 Å². The van der Waals surface area contributed by atoms with Crippen LogP contribution < -0.4 is 0 Å². The first-order chi connectivity index (χ1) is 6.93. The standard InChI is InChI=1S/C10H17NO3S/c1-6(2)7(12)3-4-11-9(13)5-8(15)10(11)14/h6,8-9,13,15H,3-5H2,1-2H3. The third-order valence-corrected chi connectivity index (χ3v) is 3.04. The summed E-state index contributed by atoms with van der Waals surface area (Å²) in [6, 6.07) is 0. The van der Waals surface area contributed by atoms with Crippen LogP contribution in [-0.2, 0) is 9.59 Å². The molecule has 5 heteroatoms. The summed E-state index contributed by atoms with van der Waals surface area (Å²) in [6.07, 6.45) is -0.126. The van der Waals surface area contributed by atoms with Crippen LogP contribution in [-0.4, -0.2) is 39.7 Å². The van der Waals surface area contributed by atoms with Gasteiger partial charge in [-0.05, 0) is 0 Å². The van der Waals surface area contributed by atoms with E-state index in [4.69, 9.17) is 0 Å². The fourth-order valence-electron chi connectivity index (χ4n) is 1.54. The number of carbonyl (C=O) groups is 2. The van der Waals surface area contributed by atoms with Crippen LogP contribution in [0.5, 0.6) is 0 Å². The van der Waals surface area contributed by atoms with E-state index in [2.05, 4.69) is 12.6 Å². The lowest BCUT2D eigenvalue weighted by Crippen LogP contribution is -2.36. The third-order valence-electron chi connectivity index (χ3n) is 2.61. The highest BCUT2D eigenvalue weighted by molar-refractivity contribution is 7.81. The van der Waals surface area contributed by atoms with E-state index in [1.165, 1.54) is 4.90 Å². The van der Waals surface area contributed by atoms with E-state index in [0.29, 0.717) is 19.4 Å². The molecule has 1 N–H and O–H groups in total. The molecule has 0 aliphatic carbocycles. The SMILES string of the molecule is CC(C)C(=O)CCN1C(=O)C(S)CC1O. The molecule has 1 aliphatic heterocycles. The summed E-state index contributed by atoms with van der Waals surface area (Å²) in [4.78, 5) is 24.2. The van der Waals surface area contributed by atoms with Gasteiger partial charge in [0.1, 0.15) is 12.0 Å². The van der Waals surface area contributed by atoms with Gasteiger partial charge in [0.2, 0.25) is 5.91 Å². The van der Waals surface area contributed by atoms with Crippen molar-refractivity contribution < 1.29 is 14.7 Å². The lowest BCUT2D eigenvalue weighted by Gasteiger charge is -2.20. The zero-order chi connectivity index (χ0) is 11.6. The minimum atomic E-state index is -0.778. The number of nitrogens with zero attached hydrogens (tertiary/aromatic N) is 1. The number of thiol groups is 1.